The Balaban J connectivity index is 2.25. The molecule has 0 aliphatic heterocycles. The van der Waals surface area contributed by atoms with Crippen LogP contribution in [0.25, 0.3) is 10.8 Å². The van der Waals surface area contributed by atoms with Gasteiger partial charge in [0.2, 0.25) is 0 Å². The van der Waals surface area contributed by atoms with Crippen LogP contribution in [0, 0.1) is 11.3 Å². The van der Waals surface area contributed by atoms with E-state index in [1.165, 1.54) is 5.57 Å². The number of nitriles is 1. The molecule has 1 nitrogen and oxygen atoms in total. The van der Waals surface area contributed by atoms with E-state index in [4.69, 9.17) is 0 Å². The molecule has 86 valence electrons. The third kappa shape index (κ3) is 1.63. The van der Waals surface area contributed by atoms with Crippen molar-refractivity contribution in [3.8, 4) is 6.07 Å². The maximum Gasteiger partial charge on any atom is 0.100 e. The minimum absolute atomic E-state index is 0.240. The highest BCUT2D eigenvalue weighted by Crippen LogP contribution is 2.32. The largest absolute Gasteiger partial charge is 0.192 e. The molecule has 2 aromatic rings. The summed E-state index contributed by atoms with van der Waals surface area (Å²) in [5.41, 5.74) is 3.16. The molecule has 0 saturated carbocycles. The summed E-state index contributed by atoms with van der Waals surface area (Å²) in [5, 5.41) is 11.6. The highest BCUT2D eigenvalue weighted by molar-refractivity contribution is 5.89. The maximum absolute atomic E-state index is 9.45. The fourth-order valence-electron chi connectivity index (χ4n) is 2.53. The monoisotopic (exact) mass is 231 g/mol. The van der Waals surface area contributed by atoms with Crippen molar-refractivity contribution in [2.24, 2.45) is 0 Å². The normalized spacial score (nSPS) is 17.8. The van der Waals surface area contributed by atoms with Gasteiger partial charge in [-0.05, 0) is 23.3 Å². The number of hydrogen-bond acceptors (Lipinski definition) is 1. The van der Waals surface area contributed by atoms with Gasteiger partial charge in [-0.1, -0.05) is 60.2 Å². The van der Waals surface area contributed by atoms with Gasteiger partial charge in [-0.15, -0.1) is 0 Å². The number of fused-ring (bicyclic) bond motifs is 1. The lowest BCUT2D eigenvalue weighted by molar-refractivity contribution is 1.09. The average molecular weight is 231 g/mol. The molecule has 3 rings (SSSR count). The summed E-state index contributed by atoms with van der Waals surface area (Å²) in [5.74, 6) is 0.240. The minimum atomic E-state index is 0.240. The molecule has 1 aliphatic rings. The van der Waals surface area contributed by atoms with Crippen molar-refractivity contribution in [2.45, 2.75) is 12.8 Å². The highest BCUT2D eigenvalue weighted by Gasteiger charge is 2.15. The second-order valence-corrected chi connectivity index (χ2v) is 4.66. The van der Waals surface area contributed by atoms with Crippen molar-refractivity contribution in [3.63, 3.8) is 0 Å². The molecule has 1 aliphatic carbocycles. The van der Waals surface area contributed by atoms with Gasteiger partial charge < -0.3 is 0 Å². The molecule has 1 heteroatoms. The summed E-state index contributed by atoms with van der Waals surface area (Å²) >= 11 is 0. The lowest BCUT2D eigenvalue weighted by Gasteiger charge is -2.11. The van der Waals surface area contributed by atoms with Crippen molar-refractivity contribution < 1.29 is 0 Å². The molecular weight excluding hydrogens is 218 g/mol. The van der Waals surface area contributed by atoms with Crippen LogP contribution < -0.4 is 0 Å². The predicted octanol–water partition coefficient (Wildman–Crippen LogP) is 4.31. The van der Waals surface area contributed by atoms with Crippen LogP contribution in [0.5, 0.6) is 0 Å². The zero-order valence-electron chi connectivity index (χ0n) is 10.2. The summed E-state index contributed by atoms with van der Waals surface area (Å²) in [6, 6.07) is 14.6. The minimum Gasteiger partial charge on any atom is -0.192 e. The van der Waals surface area contributed by atoms with Gasteiger partial charge in [-0.3, -0.25) is 0 Å². The van der Waals surface area contributed by atoms with E-state index in [2.05, 4.69) is 43.4 Å². The van der Waals surface area contributed by atoms with Gasteiger partial charge in [-0.25, -0.2) is 0 Å². The van der Waals surface area contributed by atoms with Crippen LogP contribution >= 0.6 is 0 Å². The van der Waals surface area contributed by atoms with Crippen LogP contribution in [-0.4, -0.2) is 0 Å². The molecule has 2 aromatic carbocycles. The third-order valence-electron chi connectivity index (χ3n) is 3.44. The highest BCUT2D eigenvalue weighted by atomic mass is 14.3. The first-order valence-electron chi connectivity index (χ1n) is 6.08. The van der Waals surface area contributed by atoms with E-state index >= 15 is 0 Å². The van der Waals surface area contributed by atoms with E-state index in [0.717, 1.165) is 21.9 Å². The Morgan fingerprint density at radius 3 is 2.67 bits per heavy atom. The number of nitrogens with zero attached hydrogens (tertiary/aromatic N) is 1. The second-order valence-electron chi connectivity index (χ2n) is 4.66. The number of allylic oxidation sites excluding steroid dienone is 4. The molecule has 0 spiro atoms. The molecule has 0 fully saturated rings. The molecule has 0 saturated heterocycles. The summed E-state index contributed by atoms with van der Waals surface area (Å²) in [6.07, 6.45) is 6.46. The van der Waals surface area contributed by atoms with E-state index < -0.39 is 0 Å². The Labute approximate surface area is 107 Å². The molecule has 0 bridgehead atoms. The summed E-state index contributed by atoms with van der Waals surface area (Å²) in [7, 11) is 0. The lowest BCUT2D eigenvalue weighted by Crippen LogP contribution is -1.95. The summed E-state index contributed by atoms with van der Waals surface area (Å²) in [6.45, 7) is 2.09. The maximum atomic E-state index is 9.45. The van der Waals surface area contributed by atoms with Crippen molar-refractivity contribution in [1.82, 2.24) is 0 Å². The van der Waals surface area contributed by atoms with E-state index in [1.54, 1.807) is 0 Å². The van der Waals surface area contributed by atoms with Gasteiger partial charge in [0.1, 0.15) is 6.07 Å². The molecule has 0 heterocycles. The molecule has 18 heavy (non-hydrogen) atoms. The van der Waals surface area contributed by atoms with E-state index in [-0.39, 0.29) is 5.92 Å². The molecule has 0 N–H and O–H groups in total. The molecule has 0 amide bonds. The average Bonchev–Trinajstić information content (AvgIpc) is 2.84. The van der Waals surface area contributed by atoms with Gasteiger partial charge in [0, 0.05) is 5.92 Å². The fourth-order valence-corrected chi connectivity index (χ4v) is 2.53. The van der Waals surface area contributed by atoms with Gasteiger partial charge in [0.25, 0.3) is 0 Å². The van der Waals surface area contributed by atoms with Crippen LogP contribution in [0.4, 0.5) is 0 Å². The smallest absolute Gasteiger partial charge is 0.100 e. The Morgan fingerprint density at radius 2 is 1.94 bits per heavy atom. The number of hydrogen-bond donors (Lipinski definition) is 0. The number of rotatable bonds is 1. The van der Waals surface area contributed by atoms with Gasteiger partial charge in [0.05, 0.1) is 5.56 Å². The molecular formula is C17H13N. The Kier molecular flexibility index (Phi) is 2.50. The van der Waals surface area contributed by atoms with Crippen molar-refractivity contribution in [2.75, 3.05) is 0 Å². The fraction of sp³-hybridized carbons (Fsp3) is 0.118. The third-order valence-corrected chi connectivity index (χ3v) is 3.44. The van der Waals surface area contributed by atoms with Crippen molar-refractivity contribution in [3.05, 3.63) is 71.3 Å². The van der Waals surface area contributed by atoms with Gasteiger partial charge in [-0.2, -0.15) is 5.26 Å². The lowest BCUT2D eigenvalue weighted by atomic mass is 9.91. The van der Waals surface area contributed by atoms with Crippen LogP contribution in [-0.2, 0) is 0 Å². The van der Waals surface area contributed by atoms with Gasteiger partial charge in [0.15, 0.2) is 0 Å². The standard InChI is InChI=1S/C17H13N/c1-12-6-7-14(10-12)16-9-8-13-4-2-3-5-15(13)17(16)11-18/h2-10,14H,1H3. The first-order chi connectivity index (χ1) is 8.79. The quantitative estimate of drug-likeness (QED) is 0.717. The van der Waals surface area contributed by atoms with Crippen LogP contribution in [0.3, 0.4) is 0 Å². The van der Waals surface area contributed by atoms with E-state index in [0.29, 0.717) is 0 Å². The van der Waals surface area contributed by atoms with E-state index in [9.17, 15) is 5.26 Å². The zero-order chi connectivity index (χ0) is 12.5. The van der Waals surface area contributed by atoms with Crippen LogP contribution in [0.1, 0.15) is 24.0 Å². The number of benzene rings is 2. The van der Waals surface area contributed by atoms with Crippen LogP contribution in [0.2, 0.25) is 0 Å². The van der Waals surface area contributed by atoms with E-state index in [1.807, 2.05) is 24.3 Å². The molecule has 1 atom stereocenters. The van der Waals surface area contributed by atoms with Crippen LogP contribution in [0.15, 0.2) is 60.2 Å². The van der Waals surface area contributed by atoms with Gasteiger partial charge >= 0.3 is 0 Å². The Bertz CT molecular complexity index is 714. The molecule has 1 unspecified atom stereocenters. The second kappa shape index (κ2) is 4.16. The Morgan fingerprint density at radius 1 is 1.11 bits per heavy atom. The topological polar surface area (TPSA) is 23.8 Å². The predicted molar refractivity (Wildman–Crippen MR) is 74.3 cm³/mol. The first-order valence-corrected chi connectivity index (χ1v) is 6.08. The zero-order valence-corrected chi connectivity index (χ0v) is 10.2. The first kappa shape index (κ1) is 10.8. The Hall–Kier alpha value is -2.33. The van der Waals surface area contributed by atoms with Crippen molar-refractivity contribution in [1.29, 1.82) is 5.26 Å². The SMILES string of the molecule is CC1=CC(c2ccc3ccccc3c2C#N)C=C1. The summed E-state index contributed by atoms with van der Waals surface area (Å²) < 4.78 is 0. The molecule has 0 radical (unpaired) electrons. The van der Waals surface area contributed by atoms with Crippen molar-refractivity contribution >= 4 is 10.8 Å². The summed E-state index contributed by atoms with van der Waals surface area (Å²) in [4.78, 5) is 0. The molecule has 0 aromatic heterocycles.